The van der Waals surface area contributed by atoms with E-state index in [0.717, 1.165) is 17.8 Å². The van der Waals surface area contributed by atoms with Crippen LogP contribution in [-0.2, 0) is 0 Å². The van der Waals surface area contributed by atoms with Gasteiger partial charge in [0.05, 0.1) is 0 Å². The lowest BCUT2D eigenvalue weighted by atomic mass is 9.89. The predicted octanol–water partition coefficient (Wildman–Crippen LogP) is 13.9. The van der Waals surface area contributed by atoms with Crippen LogP contribution in [0, 0.1) is 17.8 Å². The molecule has 0 rings (SSSR count). The average Bonchev–Trinajstić information content (AvgIpc) is 2.86. The maximum Gasteiger partial charge on any atom is -0.0440 e. The van der Waals surface area contributed by atoms with Crippen LogP contribution in [0.25, 0.3) is 0 Å². The van der Waals surface area contributed by atoms with Crippen molar-refractivity contribution < 1.29 is 0 Å². The van der Waals surface area contributed by atoms with E-state index in [1.807, 2.05) is 0 Å². The fraction of sp³-hybridized carbons (Fsp3) is 1.00. The highest BCUT2D eigenvalue weighted by molar-refractivity contribution is 4.62. The first kappa shape index (κ1) is 36.0. The number of hydrogen-bond acceptors (Lipinski definition) is 0. The minimum absolute atomic E-state index is 0.937. The average molecular weight is 507 g/mol. The van der Waals surface area contributed by atoms with Crippen molar-refractivity contribution in [1.29, 1.82) is 0 Å². The molecule has 3 unspecified atom stereocenters. The Hall–Kier alpha value is 0. The molecule has 0 saturated heterocycles. The van der Waals surface area contributed by atoms with Gasteiger partial charge in [0.25, 0.3) is 0 Å². The molecule has 0 aromatic rings. The molecule has 218 valence electrons. The molecule has 0 heteroatoms. The zero-order valence-electron chi connectivity index (χ0n) is 26.5. The van der Waals surface area contributed by atoms with Crippen molar-refractivity contribution in [3.8, 4) is 0 Å². The van der Waals surface area contributed by atoms with Crippen molar-refractivity contribution in [2.45, 2.75) is 214 Å². The van der Waals surface area contributed by atoms with Gasteiger partial charge in [-0.15, -0.1) is 0 Å². The van der Waals surface area contributed by atoms with Crippen LogP contribution in [0.3, 0.4) is 0 Å². The third kappa shape index (κ3) is 28.6. The van der Waals surface area contributed by atoms with Gasteiger partial charge < -0.3 is 0 Å². The molecule has 0 radical (unpaired) electrons. The fourth-order valence-corrected chi connectivity index (χ4v) is 6.19. The minimum atomic E-state index is 0.937. The molecule has 36 heavy (non-hydrogen) atoms. The highest BCUT2D eigenvalue weighted by Crippen LogP contribution is 2.24. The Morgan fingerprint density at radius 3 is 0.806 bits per heavy atom. The standard InChI is InChI=1S/C36H74/c1-6-8-10-12-14-16-18-20-22-25-29-34(3)30-27-24-28-32-36(5)33-35(4)31-26-23-21-19-17-15-13-11-9-7-2/h34-36H,6-33H2,1-5H3. The summed E-state index contributed by atoms with van der Waals surface area (Å²) in [6.45, 7) is 12.2. The Bertz CT molecular complexity index is 385. The van der Waals surface area contributed by atoms with Crippen LogP contribution < -0.4 is 0 Å². The quantitative estimate of drug-likeness (QED) is 0.0849. The fourth-order valence-electron chi connectivity index (χ4n) is 6.19. The van der Waals surface area contributed by atoms with Crippen molar-refractivity contribution in [1.82, 2.24) is 0 Å². The molecule has 0 N–H and O–H groups in total. The topological polar surface area (TPSA) is 0 Å². The molecule has 0 saturated carbocycles. The third-order valence-corrected chi connectivity index (χ3v) is 8.80. The van der Waals surface area contributed by atoms with Gasteiger partial charge >= 0.3 is 0 Å². The van der Waals surface area contributed by atoms with Gasteiger partial charge in [-0.1, -0.05) is 208 Å². The zero-order chi connectivity index (χ0) is 26.5. The summed E-state index contributed by atoms with van der Waals surface area (Å²) in [5.74, 6) is 2.83. The molecule has 0 amide bonds. The molecule has 0 aromatic carbocycles. The molecule has 0 aromatic heterocycles. The van der Waals surface area contributed by atoms with E-state index in [2.05, 4.69) is 34.6 Å². The van der Waals surface area contributed by atoms with E-state index in [4.69, 9.17) is 0 Å². The monoisotopic (exact) mass is 507 g/mol. The summed E-state index contributed by atoms with van der Waals surface area (Å²) >= 11 is 0. The normalized spacial score (nSPS) is 14.2. The second-order valence-corrected chi connectivity index (χ2v) is 13.1. The van der Waals surface area contributed by atoms with E-state index in [9.17, 15) is 0 Å². The maximum absolute atomic E-state index is 2.52. The highest BCUT2D eigenvalue weighted by Gasteiger charge is 2.09. The van der Waals surface area contributed by atoms with Gasteiger partial charge in [-0.25, -0.2) is 0 Å². The lowest BCUT2D eigenvalue weighted by molar-refractivity contribution is 0.353. The summed E-state index contributed by atoms with van der Waals surface area (Å²) in [6, 6.07) is 0. The van der Waals surface area contributed by atoms with Gasteiger partial charge in [0.1, 0.15) is 0 Å². The van der Waals surface area contributed by atoms with E-state index < -0.39 is 0 Å². The van der Waals surface area contributed by atoms with E-state index in [1.54, 1.807) is 0 Å². The van der Waals surface area contributed by atoms with Crippen molar-refractivity contribution in [3.63, 3.8) is 0 Å². The lowest BCUT2D eigenvalue weighted by Gasteiger charge is -2.17. The van der Waals surface area contributed by atoms with Crippen LogP contribution in [0.15, 0.2) is 0 Å². The lowest BCUT2D eigenvalue weighted by Crippen LogP contribution is -2.04. The van der Waals surface area contributed by atoms with E-state index in [-0.39, 0.29) is 0 Å². The van der Waals surface area contributed by atoms with Gasteiger partial charge in [0.15, 0.2) is 0 Å². The molecular weight excluding hydrogens is 432 g/mol. The van der Waals surface area contributed by atoms with Gasteiger partial charge in [0.2, 0.25) is 0 Å². The zero-order valence-corrected chi connectivity index (χ0v) is 26.5. The first-order valence-corrected chi connectivity index (χ1v) is 17.6. The largest absolute Gasteiger partial charge is 0.0654 e. The number of unbranched alkanes of at least 4 members (excludes halogenated alkanes) is 20. The smallest absolute Gasteiger partial charge is 0.0440 e. The highest BCUT2D eigenvalue weighted by atomic mass is 14.2. The van der Waals surface area contributed by atoms with Crippen LogP contribution in [0.4, 0.5) is 0 Å². The first-order valence-electron chi connectivity index (χ1n) is 17.6. The first-order chi connectivity index (χ1) is 17.6. The molecule has 3 atom stereocenters. The van der Waals surface area contributed by atoms with Crippen LogP contribution in [0.2, 0.25) is 0 Å². The van der Waals surface area contributed by atoms with Crippen LogP contribution in [0.1, 0.15) is 214 Å². The van der Waals surface area contributed by atoms with Crippen molar-refractivity contribution in [3.05, 3.63) is 0 Å². The van der Waals surface area contributed by atoms with E-state index >= 15 is 0 Å². The molecule has 0 aliphatic rings. The Balaban J connectivity index is 3.39. The van der Waals surface area contributed by atoms with Crippen molar-refractivity contribution in [2.75, 3.05) is 0 Å². The van der Waals surface area contributed by atoms with E-state index in [1.165, 1.54) is 180 Å². The summed E-state index contributed by atoms with van der Waals surface area (Å²) in [6.07, 6.45) is 41.0. The Kier molecular flexibility index (Phi) is 29.6. The Morgan fingerprint density at radius 1 is 0.278 bits per heavy atom. The molecule has 0 aliphatic heterocycles. The summed E-state index contributed by atoms with van der Waals surface area (Å²) < 4.78 is 0. The number of hydrogen-bond donors (Lipinski definition) is 0. The summed E-state index contributed by atoms with van der Waals surface area (Å²) in [4.78, 5) is 0. The molecule has 0 aliphatic carbocycles. The Labute approximate surface area is 232 Å². The maximum atomic E-state index is 2.52. The van der Waals surface area contributed by atoms with Gasteiger partial charge in [-0.3, -0.25) is 0 Å². The number of rotatable bonds is 30. The second kappa shape index (κ2) is 29.6. The van der Waals surface area contributed by atoms with E-state index in [0.29, 0.717) is 0 Å². The molecule has 0 spiro atoms. The minimum Gasteiger partial charge on any atom is -0.0654 e. The van der Waals surface area contributed by atoms with Crippen molar-refractivity contribution >= 4 is 0 Å². The van der Waals surface area contributed by atoms with Gasteiger partial charge in [0, 0.05) is 0 Å². The molecule has 0 heterocycles. The van der Waals surface area contributed by atoms with Gasteiger partial charge in [-0.05, 0) is 24.2 Å². The SMILES string of the molecule is CCCCCCCCCCCCC(C)CCCCCC(C)CC(C)CCCCCCCCCCCC. The predicted molar refractivity (Wildman–Crippen MR) is 168 cm³/mol. The van der Waals surface area contributed by atoms with Crippen molar-refractivity contribution in [2.24, 2.45) is 17.8 Å². The molecule has 0 nitrogen and oxygen atoms in total. The summed E-state index contributed by atoms with van der Waals surface area (Å²) in [5.41, 5.74) is 0. The van der Waals surface area contributed by atoms with Crippen LogP contribution in [0.5, 0.6) is 0 Å². The molecule has 0 fully saturated rings. The van der Waals surface area contributed by atoms with Gasteiger partial charge in [-0.2, -0.15) is 0 Å². The van der Waals surface area contributed by atoms with Crippen LogP contribution >= 0.6 is 0 Å². The molecule has 0 bridgehead atoms. The van der Waals surface area contributed by atoms with Crippen LogP contribution in [-0.4, -0.2) is 0 Å². The summed E-state index contributed by atoms with van der Waals surface area (Å²) in [7, 11) is 0. The molecular formula is C36H74. The Morgan fingerprint density at radius 2 is 0.500 bits per heavy atom. The third-order valence-electron chi connectivity index (χ3n) is 8.80. The second-order valence-electron chi connectivity index (χ2n) is 13.1. The summed E-state index contributed by atoms with van der Waals surface area (Å²) in [5, 5.41) is 0.